The molecule has 2 N–H and O–H groups in total. The first-order valence-corrected chi connectivity index (χ1v) is 8.35. The number of aliphatic imine (C=N–C) groups is 1. The van der Waals surface area contributed by atoms with Gasteiger partial charge in [0.1, 0.15) is 0 Å². The van der Waals surface area contributed by atoms with Gasteiger partial charge in [-0.05, 0) is 45.1 Å². The topological polar surface area (TPSA) is 54.2 Å². The molecule has 134 valence electrons. The van der Waals surface area contributed by atoms with Crippen LogP contribution in [-0.2, 0) is 6.54 Å². The Kier molecular flexibility index (Phi) is 10.5. The maximum atomic E-state index is 4.64. The molecule has 0 aliphatic rings. The molecule has 23 heavy (non-hydrogen) atoms. The summed E-state index contributed by atoms with van der Waals surface area (Å²) in [6.07, 6.45) is 2.13. The van der Waals surface area contributed by atoms with Gasteiger partial charge in [0.15, 0.2) is 5.96 Å². The van der Waals surface area contributed by atoms with Crippen LogP contribution in [0.4, 0.5) is 0 Å². The molecular formula is C17H34IN5. The first-order chi connectivity index (χ1) is 10.3. The molecular weight excluding hydrogens is 401 g/mol. The number of guanidine groups is 1. The molecule has 0 aromatic carbocycles. The van der Waals surface area contributed by atoms with Crippen molar-refractivity contribution >= 4 is 29.9 Å². The van der Waals surface area contributed by atoms with Crippen LogP contribution in [0.1, 0.15) is 51.9 Å². The van der Waals surface area contributed by atoms with Crippen molar-refractivity contribution in [2.45, 2.75) is 60.9 Å². The molecule has 1 heterocycles. The molecule has 0 aliphatic heterocycles. The highest BCUT2D eigenvalue weighted by Crippen LogP contribution is 2.16. The van der Waals surface area contributed by atoms with Gasteiger partial charge in [-0.25, -0.2) is 0 Å². The van der Waals surface area contributed by atoms with Crippen LogP contribution < -0.4 is 10.6 Å². The number of nitrogens with one attached hydrogen (secondary N) is 2. The van der Waals surface area contributed by atoms with Crippen molar-refractivity contribution in [3.05, 3.63) is 17.5 Å². The van der Waals surface area contributed by atoms with E-state index in [4.69, 9.17) is 0 Å². The fourth-order valence-electron chi connectivity index (χ4n) is 2.21. The third-order valence-electron chi connectivity index (χ3n) is 3.41. The Hall–Kier alpha value is -0.790. The van der Waals surface area contributed by atoms with E-state index in [1.165, 1.54) is 5.69 Å². The molecule has 0 fully saturated rings. The molecule has 0 aliphatic carbocycles. The van der Waals surface area contributed by atoms with E-state index in [0.29, 0.717) is 5.41 Å². The lowest BCUT2D eigenvalue weighted by atomic mass is 9.92. The van der Waals surface area contributed by atoms with Crippen LogP contribution in [0.3, 0.4) is 0 Å². The lowest BCUT2D eigenvalue weighted by Crippen LogP contribution is -2.38. The predicted molar refractivity (Wildman–Crippen MR) is 110 cm³/mol. The van der Waals surface area contributed by atoms with Crippen LogP contribution in [0.15, 0.2) is 11.1 Å². The Labute approximate surface area is 158 Å². The van der Waals surface area contributed by atoms with Gasteiger partial charge in [0.2, 0.25) is 0 Å². The zero-order valence-electron chi connectivity index (χ0n) is 15.6. The lowest BCUT2D eigenvalue weighted by Gasteiger charge is -2.19. The summed E-state index contributed by atoms with van der Waals surface area (Å²) in [5.41, 5.74) is 2.65. The van der Waals surface area contributed by atoms with Gasteiger partial charge in [-0.1, -0.05) is 20.8 Å². The van der Waals surface area contributed by atoms with Crippen molar-refractivity contribution < 1.29 is 0 Å². The Balaban J connectivity index is 0.00000484. The molecule has 0 saturated heterocycles. The summed E-state index contributed by atoms with van der Waals surface area (Å²) in [5, 5.41) is 11.2. The minimum absolute atomic E-state index is 0. The largest absolute Gasteiger partial charge is 0.357 e. The quantitative estimate of drug-likeness (QED) is 0.298. The van der Waals surface area contributed by atoms with Gasteiger partial charge in [-0.15, -0.1) is 24.0 Å². The number of aryl methyl sites for hydroxylation is 3. The number of halogens is 1. The third-order valence-corrected chi connectivity index (χ3v) is 3.41. The second-order valence-corrected chi connectivity index (χ2v) is 7.00. The van der Waals surface area contributed by atoms with Crippen LogP contribution in [-0.4, -0.2) is 35.4 Å². The number of rotatable bonds is 7. The van der Waals surface area contributed by atoms with Crippen molar-refractivity contribution in [2.75, 3.05) is 19.6 Å². The standard InChI is InChI=1S/C17H33N5.HI/c1-7-18-16(20-11-9-17(4,5)6)19-10-8-12-22-15(3)13-14(2)21-22;/h13H,7-12H2,1-6H3,(H2,18,19,20);1H. The predicted octanol–water partition coefficient (Wildman–Crippen LogP) is 3.50. The smallest absolute Gasteiger partial charge is 0.191 e. The summed E-state index contributed by atoms with van der Waals surface area (Å²) in [4.78, 5) is 4.64. The van der Waals surface area contributed by atoms with E-state index < -0.39 is 0 Å². The van der Waals surface area contributed by atoms with Crippen molar-refractivity contribution in [3.8, 4) is 0 Å². The normalized spacial score (nSPS) is 12.0. The van der Waals surface area contributed by atoms with Crippen LogP contribution in [0.25, 0.3) is 0 Å². The second kappa shape index (κ2) is 10.9. The molecule has 0 amide bonds. The van der Waals surface area contributed by atoms with E-state index in [2.05, 4.69) is 66.1 Å². The summed E-state index contributed by atoms with van der Waals surface area (Å²) < 4.78 is 2.06. The zero-order chi connectivity index (χ0) is 16.6. The van der Waals surface area contributed by atoms with E-state index in [9.17, 15) is 0 Å². The van der Waals surface area contributed by atoms with Crippen LogP contribution >= 0.6 is 24.0 Å². The SMILES string of the molecule is CCNC(=NCCCn1nc(C)cc1C)NCCC(C)(C)C.I. The molecule has 1 rings (SSSR count). The van der Waals surface area contributed by atoms with Gasteiger partial charge in [-0.3, -0.25) is 9.67 Å². The number of nitrogens with zero attached hydrogens (tertiary/aromatic N) is 3. The molecule has 0 spiro atoms. The number of hydrogen-bond acceptors (Lipinski definition) is 2. The first-order valence-electron chi connectivity index (χ1n) is 8.35. The molecule has 0 atom stereocenters. The maximum absolute atomic E-state index is 4.64. The Morgan fingerprint density at radius 1 is 1.26 bits per heavy atom. The van der Waals surface area contributed by atoms with Gasteiger partial charge >= 0.3 is 0 Å². The Bertz CT molecular complexity index is 474. The van der Waals surface area contributed by atoms with Crippen molar-refractivity contribution in [3.63, 3.8) is 0 Å². The fourth-order valence-corrected chi connectivity index (χ4v) is 2.21. The average Bonchev–Trinajstić information content (AvgIpc) is 2.71. The minimum atomic E-state index is 0. The van der Waals surface area contributed by atoms with Gasteiger partial charge in [0.25, 0.3) is 0 Å². The van der Waals surface area contributed by atoms with E-state index in [0.717, 1.165) is 50.7 Å². The summed E-state index contributed by atoms with van der Waals surface area (Å²) in [7, 11) is 0. The monoisotopic (exact) mass is 435 g/mol. The van der Waals surface area contributed by atoms with Crippen LogP contribution in [0.2, 0.25) is 0 Å². The van der Waals surface area contributed by atoms with Crippen molar-refractivity contribution in [1.82, 2.24) is 20.4 Å². The Morgan fingerprint density at radius 2 is 1.96 bits per heavy atom. The zero-order valence-corrected chi connectivity index (χ0v) is 17.9. The Morgan fingerprint density at radius 3 is 2.48 bits per heavy atom. The van der Waals surface area contributed by atoms with Gasteiger partial charge in [0.05, 0.1) is 5.69 Å². The van der Waals surface area contributed by atoms with Crippen molar-refractivity contribution in [2.24, 2.45) is 10.4 Å². The van der Waals surface area contributed by atoms with Gasteiger partial charge < -0.3 is 10.6 Å². The lowest BCUT2D eigenvalue weighted by molar-refractivity contribution is 0.377. The molecule has 1 aromatic rings. The number of hydrogen-bond donors (Lipinski definition) is 2. The molecule has 0 saturated carbocycles. The van der Waals surface area contributed by atoms with Crippen LogP contribution in [0, 0.1) is 19.3 Å². The summed E-state index contributed by atoms with van der Waals surface area (Å²) in [6.45, 7) is 16.6. The van der Waals surface area contributed by atoms with E-state index >= 15 is 0 Å². The minimum Gasteiger partial charge on any atom is -0.357 e. The molecule has 0 unspecified atom stereocenters. The van der Waals surface area contributed by atoms with Gasteiger partial charge in [0, 0.05) is 31.9 Å². The van der Waals surface area contributed by atoms with E-state index in [1.54, 1.807) is 0 Å². The van der Waals surface area contributed by atoms with Crippen molar-refractivity contribution in [1.29, 1.82) is 0 Å². The highest BCUT2D eigenvalue weighted by molar-refractivity contribution is 14.0. The molecule has 0 radical (unpaired) electrons. The maximum Gasteiger partial charge on any atom is 0.191 e. The molecule has 1 aromatic heterocycles. The van der Waals surface area contributed by atoms with Crippen LogP contribution in [0.5, 0.6) is 0 Å². The third kappa shape index (κ3) is 9.84. The fraction of sp³-hybridized carbons (Fsp3) is 0.765. The molecule has 0 bridgehead atoms. The van der Waals surface area contributed by atoms with E-state index in [1.807, 2.05) is 6.92 Å². The average molecular weight is 435 g/mol. The number of aromatic nitrogens is 2. The first kappa shape index (κ1) is 22.2. The second-order valence-electron chi connectivity index (χ2n) is 7.00. The highest BCUT2D eigenvalue weighted by Gasteiger charge is 2.09. The molecule has 6 heteroatoms. The highest BCUT2D eigenvalue weighted by atomic mass is 127. The summed E-state index contributed by atoms with van der Waals surface area (Å²) in [6, 6.07) is 2.11. The molecule has 5 nitrogen and oxygen atoms in total. The van der Waals surface area contributed by atoms with E-state index in [-0.39, 0.29) is 24.0 Å². The van der Waals surface area contributed by atoms with Gasteiger partial charge in [-0.2, -0.15) is 5.10 Å². The summed E-state index contributed by atoms with van der Waals surface area (Å²) in [5.74, 6) is 0.917. The summed E-state index contributed by atoms with van der Waals surface area (Å²) >= 11 is 0.